The van der Waals surface area contributed by atoms with Gasteiger partial charge in [0, 0.05) is 65.0 Å². The van der Waals surface area contributed by atoms with Crippen LogP contribution in [0, 0.1) is 0 Å². The van der Waals surface area contributed by atoms with Crippen LogP contribution < -0.4 is 5.32 Å². The maximum absolute atomic E-state index is 10.7. The van der Waals surface area contributed by atoms with Gasteiger partial charge in [-0.15, -0.1) is 0 Å². The first-order valence-corrected chi connectivity index (χ1v) is 10.4. The highest BCUT2D eigenvalue weighted by Crippen LogP contribution is 2.08. The van der Waals surface area contributed by atoms with Crippen LogP contribution in [0.3, 0.4) is 0 Å². The summed E-state index contributed by atoms with van der Waals surface area (Å²) in [6, 6.07) is 0. The molecule has 2 aliphatic heterocycles. The number of ether oxygens (including phenoxy) is 1. The van der Waals surface area contributed by atoms with Crippen molar-refractivity contribution < 1.29 is 19.1 Å². The number of nitrogens with one attached hydrogen (secondary N) is 1. The molecule has 0 atom stereocenters. The molecule has 2 aliphatic rings. The average Bonchev–Trinajstić information content (AvgIpc) is 2.64. The number of carbonyl (C=O) groups is 3. The molecular weight excluding hydrogens is 354 g/mol. The Labute approximate surface area is 162 Å². The standard InChI is InChI=1S/C6H11NO2.C6H11NOS.C6H13NO/c2*1-6(8)7-2-4-9-5-3-7;1-3-4-5-7-6(2)8/h2*2-5H2,1H3;3-5H2,1-2H3,(H,7,8). The fourth-order valence-electron chi connectivity index (χ4n) is 2.20. The SMILES string of the molecule is CC(=O)N1CCOCC1.CC(=O)N1CCSCC1.CCCCNC(C)=O. The van der Waals surface area contributed by atoms with Gasteiger partial charge in [-0.1, -0.05) is 13.3 Å². The zero-order valence-corrected chi connectivity index (χ0v) is 17.5. The number of thioether (sulfide) groups is 1. The molecule has 2 fully saturated rings. The first kappa shape index (κ1) is 24.7. The van der Waals surface area contributed by atoms with Gasteiger partial charge in [0.2, 0.25) is 17.7 Å². The van der Waals surface area contributed by atoms with Gasteiger partial charge in [0.1, 0.15) is 0 Å². The smallest absolute Gasteiger partial charge is 0.219 e. The predicted molar refractivity (Wildman–Crippen MR) is 106 cm³/mol. The minimum absolute atomic E-state index is 0.0680. The second-order valence-corrected chi connectivity index (χ2v) is 7.30. The van der Waals surface area contributed by atoms with Crippen molar-refractivity contribution in [1.82, 2.24) is 15.1 Å². The van der Waals surface area contributed by atoms with Crippen LogP contribution in [0.2, 0.25) is 0 Å². The molecule has 0 bridgehead atoms. The molecule has 0 aromatic rings. The second kappa shape index (κ2) is 15.9. The molecule has 0 spiro atoms. The van der Waals surface area contributed by atoms with Crippen LogP contribution in [0.15, 0.2) is 0 Å². The minimum atomic E-state index is 0.0680. The monoisotopic (exact) mass is 389 g/mol. The molecule has 2 heterocycles. The molecule has 1 N–H and O–H groups in total. The summed E-state index contributed by atoms with van der Waals surface area (Å²) in [4.78, 5) is 35.3. The number of unbranched alkanes of at least 4 members (excludes halogenated alkanes) is 1. The molecule has 0 radical (unpaired) electrons. The number of rotatable bonds is 3. The summed E-state index contributed by atoms with van der Waals surface area (Å²) in [5, 5.41) is 2.71. The van der Waals surface area contributed by atoms with Gasteiger partial charge in [-0.3, -0.25) is 14.4 Å². The maximum atomic E-state index is 10.7. The van der Waals surface area contributed by atoms with Crippen LogP contribution in [0.25, 0.3) is 0 Å². The molecule has 2 saturated heterocycles. The van der Waals surface area contributed by atoms with E-state index in [4.69, 9.17) is 4.74 Å². The maximum Gasteiger partial charge on any atom is 0.219 e. The van der Waals surface area contributed by atoms with E-state index in [1.807, 2.05) is 16.7 Å². The molecule has 0 unspecified atom stereocenters. The van der Waals surface area contributed by atoms with Crippen LogP contribution in [0.4, 0.5) is 0 Å². The van der Waals surface area contributed by atoms with E-state index < -0.39 is 0 Å². The summed E-state index contributed by atoms with van der Waals surface area (Å²) in [5.74, 6) is 2.66. The molecule has 2 rings (SSSR count). The lowest BCUT2D eigenvalue weighted by molar-refractivity contribution is -0.132. The third kappa shape index (κ3) is 13.9. The van der Waals surface area contributed by atoms with Gasteiger partial charge >= 0.3 is 0 Å². The number of hydrogen-bond donors (Lipinski definition) is 1. The third-order valence-electron chi connectivity index (χ3n) is 3.82. The Kier molecular flexibility index (Phi) is 15.2. The Hall–Kier alpha value is -1.28. The van der Waals surface area contributed by atoms with E-state index in [1.165, 1.54) is 6.92 Å². The van der Waals surface area contributed by atoms with Crippen molar-refractivity contribution in [1.29, 1.82) is 0 Å². The summed E-state index contributed by atoms with van der Waals surface area (Å²) in [6.45, 7) is 12.5. The molecule has 3 amide bonds. The van der Waals surface area contributed by atoms with Crippen LogP contribution in [-0.4, -0.2) is 85.0 Å². The summed E-state index contributed by atoms with van der Waals surface area (Å²) >= 11 is 1.92. The van der Waals surface area contributed by atoms with Crippen molar-refractivity contribution in [2.24, 2.45) is 0 Å². The molecule has 8 heteroatoms. The van der Waals surface area contributed by atoms with E-state index in [9.17, 15) is 14.4 Å². The lowest BCUT2D eigenvalue weighted by Gasteiger charge is -2.25. The van der Waals surface area contributed by atoms with Crippen molar-refractivity contribution in [3.05, 3.63) is 0 Å². The summed E-state index contributed by atoms with van der Waals surface area (Å²) in [6.07, 6.45) is 2.22. The largest absolute Gasteiger partial charge is 0.378 e. The van der Waals surface area contributed by atoms with Gasteiger partial charge < -0.3 is 19.9 Å². The van der Waals surface area contributed by atoms with E-state index in [2.05, 4.69) is 12.2 Å². The molecule has 0 saturated carbocycles. The minimum Gasteiger partial charge on any atom is -0.378 e. The number of morpholine rings is 1. The average molecular weight is 390 g/mol. The first-order chi connectivity index (χ1) is 12.4. The highest BCUT2D eigenvalue weighted by atomic mass is 32.2. The molecule has 0 aromatic heterocycles. The normalized spacial score (nSPS) is 16.5. The Morgan fingerprint density at radius 3 is 1.77 bits per heavy atom. The van der Waals surface area contributed by atoms with Crippen LogP contribution in [0.5, 0.6) is 0 Å². The highest BCUT2D eigenvalue weighted by molar-refractivity contribution is 7.99. The number of carbonyl (C=O) groups excluding carboxylic acids is 3. The van der Waals surface area contributed by atoms with Gasteiger partial charge in [-0.05, 0) is 6.42 Å². The molecule has 26 heavy (non-hydrogen) atoms. The van der Waals surface area contributed by atoms with Crippen LogP contribution in [0.1, 0.15) is 40.5 Å². The topological polar surface area (TPSA) is 79.0 Å². The van der Waals surface area contributed by atoms with Crippen molar-refractivity contribution in [3.8, 4) is 0 Å². The van der Waals surface area contributed by atoms with Crippen molar-refractivity contribution in [3.63, 3.8) is 0 Å². The first-order valence-electron chi connectivity index (χ1n) is 9.29. The predicted octanol–water partition coefficient (Wildman–Crippen LogP) is 1.37. The third-order valence-corrected chi connectivity index (χ3v) is 4.76. The van der Waals surface area contributed by atoms with Gasteiger partial charge in [0.15, 0.2) is 0 Å². The molecule has 152 valence electrons. The Bertz CT molecular complexity index is 381. The Morgan fingerprint density at radius 1 is 0.923 bits per heavy atom. The van der Waals surface area contributed by atoms with E-state index in [1.54, 1.807) is 18.7 Å². The Morgan fingerprint density at radius 2 is 1.42 bits per heavy atom. The molecule has 0 aromatic carbocycles. The second-order valence-electron chi connectivity index (χ2n) is 6.07. The summed E-state index contributed by atoms with van der Waals surface area (Å²) in [5.41, 5.74) is 0. The van der Waals surface area contributed by atoms with Crippen molar-refractivity contribution in [2.45, 2.75) is 40.5 Å². The van der Waals surface area contributed by atoms with Gasteiger partial charge in [0.25, 0.3) is 0 Å². The van der Waals surface area contributed by atoms with Gasteiger partial charge in [-0.25, -0.2) is 0 Å². The van der Waals surface area contributed by atoms with E-state index in [0.717, 1.165) is 57.1 Å². The number of nitrogens with zero attached hydrogens (tertiary/aromatic N) is 2. The molecule has 7 nitrogen and oxygen atoms in total. The van der Waals surface area contributed by atoms with Gasteiger partial charge in [0.05, 0.1) is 13.2 Å². The summed E-state index contributed by atoms with van der Waals surface area (Å²) < 4.78 is 5.06. The molecular formula is C18H35N3O4S. The summed E-state index contributed by atoms with van der Waals surface area (Å²) in [7, 11) is 0. The van der Waals surface area contributed by atoms with Gasteiger partial charge in [-0.2, -0.15) is 11.8 Å². The molecule has 0 aliphatic carbocycles. The lowest BCUT2D eigenvalue weighted by atomic mass is 10.3. The van der Waals surface area contributed by atoms with Crippen molar-refractivity contribution in [2.75, 3.05) is 57.4 Å². The zero-order valence-electron chi connectivity index (χ0n) is 16.7. The lowest BCUT2D eigenvalue weighted by Crippen LogP contribution is -2.39. The fourth-order valence-corrected chi connectivity index (χ4v) is 3.10. The van der Waals surface area contributed by atoms with Crippen LogP contribution >= 0.6 is 11.8 Å². The zero-order chi connectivity index (χ0) is 19.8. The van der Waals surface area contributed by atoms with E-state index in [-0.39, 0.29) is 17.7 Å². The van der Waals surface area contributed by atoms with Crippen LogP contribution in [-0.2, 0) is 19.1 Å². The number of hydrogen-bond acceptors (Lipinski definition) is 5. The quantitative estimate of drug-likeness (QED) is 0.738. The highest BCUT2D eigenvalue weighted by Gasteiger charge is 2.12. The van der Waals surface area contributed by atoms with E-state index in [0.29, 0.717) is 13.2 Å². The number of amides is 3. The Balaban J connectivity index is 0.000000362. The fraction of sp³-hybridized carbons (Fsp3) is 0.833. The van der Waals surface area contributed by atoms with E-state index >= 15 is 0 Å². The van der Waals surface area contributed by atoms with Crippen molar-refractivity contribution >= 4 is 29.5 Å².